The van der Waals surface area contributed by atoms with Crippen LogP contribution in [0.15, 0.2) is 11.6 Å². The van der Waals surface area contributed by atoms with Gasteiger partial charge in [0.15, 0.2) is 0 Å². The van der Waals surface area contributed by atoms with Crippen molar-refractivity contribution in [2.24, 2.45) is 5.73 Å². The maximum absolute atomic E-state index is 5.62. The van der Waals surface area contributed by atoms with E-state index >= 15 is 0 Å². The Labute approximate surface area is 67.0 Å². The minimum absolute atomic E-state index is 0.285. The van der Waals surface area contributed by atoms with Crippen molar-refractivity contribution < 1.29 is 4.74 Å². The summed E-state index contributed by atoms with van der Waals surface area (Å²) in [5, 5.41) is 0.504. The maximum Gasteiger partial charge on any atom is 0.0817 e. The van der Waals surface area contributed by atoms with E-state index in [1.807, 2.05) is 13.8 Å². The van der Waals surface area contributed by atoms with E-state index in [0.29, 0.717) is 18.2 Å². The minimum Gasteiger partial charge on any atom is -0.374 e. The first-order chi connectivity index (χ1) is 4.42. The van der Waals surface area contributed by atoms with Gasteiger partial charge in [-0.2, -0.15) is 0 Å². The van der Waals surface area contributed by atoms with Crippen LogP contribution < -0.4 is 5.73 Å². The Morgan fingerprint density at radius 3 is 2.50 bits per heavy atom. The highest BCUT2D eigenvalue weighted by atomic mass is 35.5. The van der Waals surface area contributed by atoms with Crippen molar-refractivity contribution in [2.75, 3.05) is 13.2 Å². The Morgan fingerprint density at radius 1 is 1.70 bits per heavy atom. The maximum atomic E-state index is 5.62. The molecule has 0 amide bonds. The lowest BCUT2D eigenvalue weighted by atomic mass is 10.1. The van der Waals surface area contributed by atoms with Crippen molar-refractivity contribution in [1.82, 2.24) is 0 Å². The molecule has 0 fully saturated rings. The van der Waals surface area contributed by atoms with Crippen molar-refractivity contribution in [3.63, 3.8) is 0 Å². The smallest absolute Gasteiger partial charge is 0.0817 e. The molecule has 0 radical (unpaired) electrons. The van der Waals surface area contributed by atoms with Crippen LogP contribution in [0, 0.1) is 0 Å². The summed E-state index contributed by atoms with van der Waals surface area (Å²) in [6, 6.07) is 0. The largest absolute Gasteiger partial charge is 0.374 e. The van der Waals surface area contributed by atoms with Crippen LogP contribution in [0.2, 0.25) is 0 Å². The Kier molecular flexibility index (Phi) is 3.94. The number of hydrogen-bond donors (Lipinski definition) is 1. The topological polar surface area (TPSA) is 35.2 Å². The first-order valence-electron chi connectivity index (χ1n) is 3.12. The fourth-order valence-electron chi connectivity index (χ4n) is 0.425. The van der Waals surface area contributed by atoms with Gasteiger partial charge in [0.1, 0.15) is 0 Å². The van der Waals surface area contributed by atoms with Gasteiger partial charge in [-0.25, -0.2) is 0 Å². The van der Waals surface area contributed by atoms with Gasteiger partial charge in [-0.15, -0.1) is 0 Å². The van der Waals surface area contributed by atoms with E-state index in [1.54, 1.807) is 0 Å². The zero-order valence-corrected chi connectivity index (χ0v) is 7.24. The molecule has 0 aromatic heterocycles. The molecule has 0 rings (SSSR count). The SMILES string of the molecule is C=C(Cl)COCC(C)(C)N. The molecule has 0 unspecified atom stereocenters. The second-order valence-corrected chi connectivity index (χ2v) is 3.53. The molecular weight excluding hydrogens is 150 g/mol. The van der Waals surface area contributed by atoms with Gasteiger partial charge in [0.25, 0.3) is 0 Å². The molecule has 0 bridgehead atoms. The summed E-state index contributed by atoms with van der Waals surface area (Å²) in [7, 11) is 0. The zero-order chi connectivity index (χ0) is 8.20. The van der Waals surface area contributed by atoms with Gasteiger partial charge in [-0.3, -0.25) is 0 Å². The van der Waals surface area contributed by atoms with Gasteiger partial charge in [0.05, 0.1) is 13.2 Å². The molecule has 0 aliphatic carbocycles. The van der Waals surface area contributed by atoms with Crippen LogP contribution in [-0.2, 0) is 4.74 Å². The van der Waals surface area contributed by atoms with E-state index < -0.39 is 0 Å². The lowest BCUT2D eigenvalue weighted by Crippen LogP contribution is -2.37. The third-order valence-electron chi connectivity index (χ3n) is 0.733. The standard InChI is InChI=1S/C7H14ClNO/c1-6(8)4-10-5-7(2,3)9/h1,4-5,9H2,2-3H3. The Morgan fingerprint density at radius 2 is 2.20 bits per heavy atom. The molecule has 0 atom stereocenters. The lowest BCUT2D eigenvalue weighted by molar-refractivity contribution is 0.118. The Hall–Kier alpha value is -0.0500. The highest BCUT2D eigenvalue weighted by molar-refractivity contribution is 6.29. The number of nitrogens with two attached hydrogens (primary N) is 1. The molecule has 0 saturated carbocycles. The highest BCUT2D eigenvalue weighted by Gasteiger charge is 2.09. The van der Waals surface area contributed by atoms with Gasteiger partial charge in [-0.05, 0) is 13.8 Å². The summed E-state index contributed by atoms with van der Waals surface area (Å²) in [6.07, 6.45) is 0. The van der Waals surface area contributed by atoms with E-state index in [4.69, 9.17) is 22.1 Å². The normalized spacial score (nSPS) is 11.6. The summed E-state index contributed by atoms with van der Waals surface area (Å²) in [5.41, 5.74) is 5.34. The van der Waals surface area contributed by atoms with Crippen LogP contribution in [0.1, 0.15) is 13.8 Å². The van der Waals surface area contributed by atoms with E-state index in [2.05, 4.69) is 6.58 Å². The molecule has 3 heteroatoms. The van der Waals surface area contributed by atoms with E-state index in [0.717, 1.165) is 0 Å². The van der Waals surface area contributed by atoms with Crippen LogP contribution in [0.4, 0.5) is 0 Å². The van der Waals surface area contributed by atoms with Gasteiger partial charge < -0.3 is 10.5 Å². The first-order valence-corrected chi connectivity index (χ1v) is 3.49. The molecule has 0 aliphatic rings. The molecule has 0 aromatic rings. The van der Waals surface area contributed by atoms with Gasteiger partial charge in [-0.1, -0.05) is 18.2 Å². The highest BCUT2D eigenvalue weighted by Crippen LogP contribution is 2.01. The monoisotopic (exact) mass is 163 g/mol. The predicted octanol–water partition coefficient (Wildman–Crippen LogP) is 1.49. The Balaban J connectivity index is 3.29. The molecular formula is C7H14ClNO. The minimum atomic E-state index is -0.285. The van der Waals surface area contributed by atoms with Crippen molar-refractivity contribution in [2.45, 2.75) is 19.4 Å². The first kappa shape index (κ1) is 9.95. The van der Waals surface area contributed by atoms with Crippen LogP contribution in [-0.4, -0.2) is 18.8 Å². The molecule has 0 aromatic carbocycles. The number of ether oxygens (including phenoxy) is 1. The van der Waals surface area contributed by atoms with Gasteiger partial charge in [0.2, 0.25) is 0 Å². The molecule has 2 N–H and O–H groups in total. The quantitative estimate of drug-likeness (QED) is 0.682. The predicted molar refractivity (Wildman–Crippen MR) is 44.1 cm³/mol. The van der Waals surface area contributed by atoms with Crippen LogP contribution in [0.3, 0.4) is 0 Å². The molecule has 0 saturated heterocycles. The summed E-state index contributed by atoms with van der Waals surface area (Å²) in [4.78, 5) is 0. The zero-order valence-electron chi connectivity index (χ0n) is 6.48. The average Bonchev–Trinajstić information content (AvgIpc) is 1.59. The second kappa shape index (κ2) is 3.96. The third-order valence-corrected chi connectivity index (χ3v) is 0.842. The Bertz CT molecular complexity index is 117. The van der Waals surface area contributed by atoms with E-state index in [9.17, 15) is 0 Å². The fourth-order valence-corrected chi connectivity index (χ4v) is 0.502. The van der Waals surface area contributed by atoms with E-state index in [-0.39, 0.29) is 5.54 Å². The average molecular weight is 164 g/mol. The molecule has 0 aliphatic heterocycles. The van der Waals surface area contributed by atoms with Crippen LogP contribution >= 0.6 is 11.6 Å². The summed E-state index contributed by atoms with van der Waals surface area (Å²) < 4.78 is 5.10. The third kappa shape index (κ3) is 7.95. The van der Waals surface area contributed by atoms with Crippen LogP contribution in [0.5, 0.6) is 0 Å². The van der Waals surface area contributed by atoms with Crippen LogP contribution in [0.25, 0.3) is 0 Å². The second-order valence-electron chi connectivity index (χ2n) is 3.00. The van der Waals surface area contributed by atoms with Crippen molar-refractivity contribution in [1.29, 1.82) is 0 Å². The van der Waals surface area contributed by atoms with Crippen molar-refractivity contribution >= 4 is 11.6 Å². The summed E-state index contributed by atoms with van der Waals surface area (Å²) in [6.45, 7) is 8.14. The van der Waals surface area contributed by atoms with Gasteiger partial charge >= 0.3 is 0 Å². The van der Waals surface area contributed by atoms with Crippen molar-refractivity contribution in [3.8, 4) is 0 Å². The summed E-state index contributed by atoms with van der Waals surface area (Å²) >= 11 is 5.45. The number of rotatable bonds is 4. The lowest BCUT2D eigenvalue weighted by Gasteiger charge is -2.17. The molecule has 10 heavy (non-hydrogen) atoms. The fraction of sp³-hybridized carbons (Fsp3) is 0.714. The van der Waals surface area contributed by atoms with Crippen molar-refractivity contribution in [3.05, 3.63) is 11.6 Å². The molecule has 2 nitrogen and oxygen atoms in total. The molecule has 60 valence electrons. The van der Waals surface area contributed by atoms with Gasteiger partial charge in [0, 0.05) is 10.6 Å². The number of halogens is 1. The van der Waals surface area contributed by atoms with E-state index in [1.165, 1.54) is 0 Å². The molecule has 0 spiro atoms. The summed E-state index contributed by atoms with van der Waals surface area (Å²) in [5.74, 6) is 0. The number of hydrogen-bond acceptors (Lipinski definition) is 2. The molecule has 0 heterocycles.